The molecular weight excluding hydrogens is 310 g/mol. The van der Waals surface area contributed by atoms with Crippen molar-refractivity contribution in [3.05, 3.63) is 65.7 Å². The fraction of sp³-hybridized carbons (Fsp3) is 0.111. The summed E-state index contributed by atoms with van der Waals surface area (Å²) in [6, 6.07) is 14.5. The van der Waals surface area contributed by atoms with Gasteiger partial charge in [0.2, 0.25) is 5.91 Å². The van der Waals surface area contributed by atoms with Crippen LogP contribution in [0, 0.1) is 0 Å². The molecule has 0 aromatic heterocycles. The van der Waals surface area contributed by atoms with Gasteiger partial charge in [-0.3, -0.25) is 4.79 Å². The molecule has 23 heavy (non-hydrogen) atoms. The molecule has 0 atom stereocenters. The predicted molar refractivity (Wildman–Crippen MR) is 93.7 cm³/mol. The maximum Gasteiger partial charge on any atom is 0.337 e. The lowest BCUT2D eigenvalue weighted by atomic mass is 10.1. The molecule has 118 valence electrons. The highest BCUT2D eigenvalue weighted by molar-refractivity contribution is 7.98. The van der Waals surface area contributed by atoms with E-state index in [1.54, 1.807) is 42.1 Å². The van der Waals surface area contributed by atoms with E-state index in [0.29, 0.717) is 5.56 Å². The molecule has 0 bridgehead atoms. The molecule has 0 aliphatic rings. The van der Waals surface area contributed by atoms with Gasteiger partial charge in [0.25, 0.3) is 0 Å². The van der Waals surface area contributed by atoms with Gasteiger partial charge in [-0.1, -0.05) is 18.2 Å². The Hall–Kier alpha value is -2.53. The van der Waals surface area contributed by atoms with Crippen molar-refractivity contribution in [1.82, 2.24) is 0 Å². The molecule has 0 heterocycles. The lowest BCUT2D eigenvalue weighted by Gasteiger charge is -2.04. The Morgan fingerprint density at radius 3 is 2.52 bits per heavy atom. The van der Waals surface area contributed by atoms with Crippen LogP contribution < -0.4 is 5.32 Å². The smallest absolute Gasteiger partial charge is 0.337 e. The maximum absolute atomic E-state index is 11.9. The fourth-order valence-corrected chi connectivity index (χ4v) is 2.36. The fourth-order valence-electron chi connectivity index (χ4n) is 1.90. The summed E-state index contributed by atoms with van der Waals surface area (Å²) < 4.78 is 4.64. The number of benzene rings is 2. The predicted octanol–water partition coefficient (Wildman–Crippen LogP) is 3.85. The third kappa shape index (κ3) is 5.00. The molecule has 0 spiro atoms. The number of methoxy groups -OCH3 is 1. The molecular formula is C18H17NO3S. The number of amides is 1. The summed E-state index contributed by atoms with van der Waals surface area (Å²) in [6.45, 7) is 0. The van der Waals surface area contributed by atoms with Crippen molar-refractivity contribution in [1.29, 1.82) is 0 Å². The van der Waals surface area contributed by atoms with Crippen LogP contribution in [0.3, 0.4) is 0 Å². The van der Waals surface area contributed by atoms with E-state index in [9.17, 15) is 9.59 Å². The highest BCUT2D eigenvalue weighted by Gasteiger charge is 2.03. The zero-order valence-electron chi connectivity index (χ0n) is 12.9. The molecule has 0 aliphatic heterocycles. The quantitative estimate of drug-likeness (QED) is 0.515. The first-order valence-corrected chi connectivity index (χ1v) is 8.16. The second kappa shape index (κ2) is 8.19. The van der Waals surface area contributed by atoms with Crippen molar-refractivity contribution in [3.63, 3.8) is 0 Å². The minimum absolute atomic E-state index is 0.208. The molecule has 0 saturated heterocycles. The minimum Gasteiger partial charge on any atom is -0.465 e. The van der Waals surface area contributed by atoms with Crippen LogP contribution in [0.1, 0.15) is 15.9 Å². The third-order valence-corrected chi connectivity index (χ3v) is 3.82. The molecule has 0 aliphatic carbocycles. The highest BCUT2D eigenvalue weighted by atomic mass is 32.2. The Morgan fingerprint density at radius 2 is 1.87 bits per heavy atom. The summed E-state index contributed by atoms with van der Waals surface area (Å²) in [7, 11) is 1.34. The third-order valence-electron chi connectivity index (χ3n) is 3.10. The Morgan fingerprint density at radius 1 is 1.13 bits per heavy atom. The molecule has 2 rings (SSSR count). The zero-order chi connectivity index (χ0) is 16.7. The zero-order valence-corrected chi connectivity index (χ0v) is 13.7. The average molecular weight is 327 g/mol. The number of nitrogens with one attached hydrogen (secondary N) is 1. The Kier molecular flexibility index (Phi) is 6.00. The molecule has 4 nitrogen and oxygen atoms in total. The number of ether oxygens (including phenoxy) is 1. The highest BCUT2D eigenvalue weighted by Crippen LogP contribution is 2.19. The second-order valence-electron chi connectivity index (χ2n) is 4.67. The van der Waals surface area contributed by atoms with Crippen molar-refractivity contribution in [2.45, 2.75) is 4.90 Å². The standard InChI is InChI=1S/C18H17NO3S/c1-22-18(21)14-9-6-13(7-10-14)8-11-17(20)19-15-4-3-5-16(12-15)23-2/h3-12H,1-2H3,(H,19,20)/b11-8+. The summed E-state index contributed by atoms with van der Waals surface area (Å²) in [5, 5.41) is 2.81. The van der Waals surface area contributed by atoms with E-state index in [4.69, 9.17) is 0 Å². The monoisotopic (exact) mass is 327 g/mol. The van der Waals surface area contributed by atoms with Gasteiger partial charge in [0.1, 0.15) is 0 Å². The van der Waals surface area contributed by atoms with E-state index in [-0.39, 0.29) is 11.9 Å². The summed E-state index contributed by atoms with van der Waals surface area (Å²) in [5.74, 6) is -0.591. The van der Waals surface area contributed by atoms with Gasteiger partial charge in [0.15, 0.2) is 0 Å². The Labute approximate surface area is 139 Å². The van der Waals surface area contributed by atoms with Crippen LogP contribution in [0.25, 0.3) is 6.08 Å². The molecule has 0 radical (unpaired) electrons. The molecule has 2 aromatic carbocycles. The van der Waals surface area contributed by atoms with Gasteiger partial charge in [0.05, 0.1) is 12.7 Å². The summed E-state index contributed by atoms with van der Waals surface area (Å²) in [4.78, 5) is 24.4. The Bertz CT molecular complexity index is 723. The van der Waals surface area contributed by atoms with Crippen molar-refractivity contribution < 1.29 is 14.3 Å². The first-order valence-electron chi connectivity index (χ1n) is 6.94. The average Bonchev–Trinajstić information content (AvgIpc) is 2.60. The lowest BCUT2D eigenvalue weighted by molar-refractivity contribution is -0.111. The van der Waals surface area contributed by atoms with Gasteiger partial charge in [-0.2, -0.15) is 0 Å². The van der Waals surface area contributed by atoms with Gasteiger partial charge in [-0.15, -0.1) is 11.8 Å². The van der Waals surface area contributed by atoms with Gasteiger partial charge in [-0.25, -0.2) is 4.79 Å². The van der Waals surface area contributed by atoms with Crippen molar-refractivity contribution in [2.24, 2.45) is 0 Å². The maximum atomic E-state index is 11.9. The van der Waals surface area contributed by atoms with Gasteiger partial charge < -0.3 is 10.1 Å². The first-order chi connectivity index (χ1) is 11.1. The second-order valence-corrected chi connectivity index (χ2v) is 5.55. The number of hydrogen-bond acceptors (Lipinski definition) is 4. The molecule has 0 saturated carbocycles. The number of carbonyl (C=O) groups excluding carboxylic acids is 2. The van der Waals surface area contributed by atoms with Gasteiger partial charge in [-0.05, 0) is 48.2 Å². The lowest BCUT2D eigenvalue weighted by Crippen LogP contribution is -2.07. The molecule has 0 unspecified atom stereocenters. The van der Waals surface area contributed by atoms with E-state index < -0.39 is 0 Å². The number of rotatable bonds is 5. The number of esters is 1. The number of hydrogen-bond donors (Lipinski definition) is 1. The van der Waals surface area contributed by atoms with E-state index in [0.717, 1.165) is 16.1 Å². The molecule has 2 aromatic rings. The Balaban J connectivity index is 1.99. The number of thioether (sulfide) groups is 1. The molecule has 1 amide bonds. The molecule has 5 heteroatoms. The SMILES string of the molecule is COC(=O)c1ccc(/C=C/C(=O)Nc2cccc(SC)c2)cc1. The van der Waals surface area contributed by atoms with Crippen molar-refractivity contribution >= 4 is 35.4 Å². The minimum atomic E-state index is -0.382. The largest absolute Gasteiger partial charge is 0.465 e. The van der Waals surface area contributed by atoms with E-state index >= 15 is 0 Å². The van der Waals surface area contributed by atoms with Crippen LogP contribution in [0.2, 0.25) is 0 Å². The van der Waals surface area contributed by atoms with Crippen LogP contribution in [-0.4, -0.2) is 25.2 Å². The van der Waals surface area contributed by atoms with Crippen LogP contribution in [0.15, 0.2) is 59.5 Å². The van der Waals surface area contributed by atoms with E-state index in [2.05, 4.69) is 10.1 Å². The van der Waals surface area contributed by atoms with Gasteiger partial charge >= 0.3 is 5.97 Å². The van der Waals surface area contributed by atoms with E-state index in [1.165, 1.54) is 13.2 Å². The number of anilines is 1. The van der Waals surface area contributed by atoms with Crippen molar-refractivity contribution in [2.75, 3.05) is 18.7 Å². The van der Waals surface area contributed by atoms with Crippen LogP contribution in [0.5, 0.6) is 0 Å². The topological polar surface area (TPSA) is 55.4 Å². The van der Waals surface area contributed by atoms with Crippen LogP contribution in [0.4, 0.5) is 5.69 Å². The molecule has 1 N–H and O–H groups in total. The first kappa shape index (κ1) is 16.8. The van der Waals surface area contributed by atoms with Gasteiger partial charge in [0, 0.05) is 16.7 Å². The summed E-state index contributed by atoms with van der Waals surface area (Å²) >= 11 is 1.62. The van der Waals surface area contributed by atoms with Crippen LogP contribution >= 0.6 is 11.8 Å². The van der Waals surface area contributed by atoms with Crippen LogP contribution in [-0.2, 0) is 9.53 Å². The molecule has 0 fully saturated rings. The summed E-state index contributed by atoms with van der Waals surface area (Å²) in [6.07, 6.45) is 5.13. The van der Waals surface area contributed by atoms with Crippen molar-refractivity contribution in [3.8, 4) is 0 Å². The summed E-state index contributed by atoms with van der Waals surface area (Å²) in [5.41, 5.74) is 2.06. The normalized spacial score (nSPS) is 10.5. The van der Waals surface area contributed by atoms with E-state index in [1.807, 2.05) is 30.5 Å². The number of carbonyl (C=O) groups is 2.